The van der Waals surface area contributed by atoms with Crippen molar-refractivity contribution < 1.29 is 0 Å². The van der Waals surface area contributed by atoms with E-state index in [0.717, 1.165) is 30.3 Å². The second-order valence-corrected chi connectivity index (χ2v) is 6.41. The van der Waals surface area contributed by atoms with E-state index >= 15 is 0 Å². The fourth-order valence-electron chi connectivity index (χ4n) is 1.57. The molecule has 1 atom stereocenters. The van der Waals surface area contributed by atoms with Gasteiger partial charge in [0.25, 0.3) is 0 Å². The van der Waals surface area contributed by atoms with Crippen molar-refractivity contribution in [2.75, 3.05) is 0 Å². The number of allylic oxidation sites excluding steroid dienone is 4. The molecule has 0 spiro atoms. The summed E-state index contributed by atoms with van der Waals surface area (Å²) in [6, 6.07) is 0. The van der Waals surface area contributed by atoms with Gasteiger partial charge in [-0.1, -0.05) is 0 Å². The van der Waals surface area contributed by atoms with E-state index in [1.165, 1.54) is 0 Å². The van der Waals surface area contributed by atoms with E-state index in [1.807, 2.05) is 0 Å². The van der Waals surface area contributed by atoms with Crippen molar-refractivity contribution in [2.45, 2.75) is 27.7 Å². The number of hydrogen-bond acceptors (Lipinski definition) is 0. The van der Waals surface area contributed by atoms with Crippen molar-refractivity contribution in [1.29, 1.82) is 0 Å². The normalized spacial score (nSPS) is 26.6. The monoisotopic (exact) mass is 238 g/mol. The Morgan fingerprint density at radius 2 is 1.60 bits per heavy atom. The molecule has 0 saturated carbocycles. The molecule has 0 bridgehead atoms. The molecule has 1 rings (SSSR count). The van der Waals surface area contributed by atoms with Gasteiger partial charge in [-0.15, -0.1) is 0 Å². The van der Waals surface area contributed by atoms with Crippen molar-refractivity contribution in [1.82, 2.24) is 0 Å². The molecule has 1 unspecified atom stereocenters. The fraction of sp³-hybridized carbons (Fsp3) is 0.556. The molecule has 1 heteroatoms. The Bertz CT molecular complexity index is 197. The molecule has 1 aliphatic carbocycles. The molecule has 0 N–H and O–H groups in total. The van der Waals surface area contributed by atoms with Crippen molar-refractivity contribution in [3.63, 3.8) is 0 Å². The maximum atomic E-state index is 2.33. The Kier molecular flexibility index (Phi) is 2.34. The topological polar surface area (TPSA) is 0 Å². The van der Waals surface area contributed by atoms with Crippen LogP contribution < -0.4 is 0 Å². The van der Waals surface area contributed by atoms with Crippen LogP contribution in [0.4, 0.5) is 0 Å². The van der Waals surface area contributed by atoms with Crippen LogP contribution in [0.15, 0.2) is 20.0 Å². The first kappa shape index (κ1) is 8.45. The third-order valence-electron chi connectivity index (χ3n) is 3.04. The molecule has 54 valence electrons. The molecule has 0 aromatic rings. The van der Waals surface area contributed by atoms with Crippen LogP contribution in [0.2, 0.25) is 0 Å². The Labute approximate surface area is 78.0 Å². The van der Waals surface area contributed by atoms with Gasteiger partial charge in [0.2, 0.25) is 0 Å². The molecular weight excluding hydrogens is 223 g/mol. The molecule has 0 amide bonds. The average Bonchev–Trinajstić information content (AvgIpc) is 2.07. The van der Waals surface area contributed by atoms with Gasteiger partial charge in [-0.25, -0.2) is 0 Å². The molecule has 0 radical (unpaired) electrons. The molecule has 0 nitrogen and oxygen atoms in total. The van der Waals surface area contributed by atoms with Gasteiger partial charge in [-0.3, -0.25) is 0 Å². The zero-order chi connectivity index (χ0) is 7.89. The van der Waals surface area contributed by atoms with E-state index in [0.29, 0.717) is 0 Å². The van der Waals surface area contributed by atoms with Crippen LogP contribution in [-0.2, 0) is 0 Å². The second-order valence-electron chi connectivity index (χ2n) is 3.34. The summed E-state index contributed by atoms with van der Waals surface area (Å²) < 4.78 is 1.76. The second kappa shape index (κ2) is 2.77. The van der Waals surface area contributed by atoms with Gasteiger partial charge in [0.15, 0.2) is 0 Å². The minimum absolute atomic E-state index is 0.722. The quantitative estimate of drug-likeness (QED) is 0.604. The summed E-state index contributed by atoms with van der Waals surface area (Å²) in [5.41, 5.74) is 4.76. The summed E-state index contributed by atoms with van der Waals surface area (Å²) in [7, 11) is 0. The van der Waals surface area contributed by atoms with Crippen LogP contribution >= 0.6 is 0 Å². The first-order valence-corrected chi connectivity index (χ1v) is 6.76. The summed E-state index contributed by atoms with van der Waals surface area (Å²) in [6.07, 6.45) is 0. The van der Waals surface area contributed by atoms with Gasteiger partial charge in [-0.2, -0.15) is 0 Å². The Balaban J connectivity index is 3.09. The first-order chi connectivity index (χ1) is 4.55. The fourth-order valence-corrected chi connectivity index (χ4v) is 3.87. The first-order valence-electron chi connectivity index (χ1n) is 3.90. The van der Waals surface area contributed by atoms with Crippen molar-refractivity contribution in [2.24, 2.45) is 5.92 Å². The summed E-state index contributed by atoms with van der Waals surface area (Å²) >= 11 is 0.722. The van der Waals surface area contributed by atoms with E-state index in [1.54, 1.807) is 20.0 Å². The molecule has 10 heavy (non-hydrogen) atoms. The third-order valence-corrected chi connectivity index (χ3v) is 7.66. The predicted octanol–water partition coefficient (Wildman–Crippen LogP) is 1.88. The predicted molar refractivity (Wildman–Crippen MR) is 48.8 cm³/mol. The summed E-state index contributed by atoms with van der Waals surface area (Å²) in [5, 5.41) is 0. The van der Waals surface area contributed by atoms with Gasteiger partial charge in [0.1, 0.15) is 0 Å². The van der Waals surface area contributed by atoms with E-state index in [4.69, 9.17) is 0 Å². The number of hydrogen-bond donors (Lipinski definition) is 0. The van der Waals surface area contributed by atoms with E-state index in [-0.39, 0.29) is 0 Å². The molecule has 0 aromatic heterocycles. The molecular formula is C9H15In. The van der Waals surface area contributed by atoms with Gasteiger partial charge in [0, 0.05) is 0 Å². The Morgan fingerprint density at radius 3 is 1.70 bits per heavy atom. The standard InChI is InChI=1S/C9H13.In.2H/c1-6-5-7(2)9(4)8(6)3;;;/h6H,1-4H3;;;. The SMILES string of the molecule is CC1=C(C)C(C)[C]([InH2])=C1C. The van der Waals surface area contributed by atoms with Crippen LogP contribution in [0.1, 0.15) is 27.7 Å². The summed E-state index contributed by atoms with van der Waals surface area (Å²) in [5.74, 6) is 0.788. The number of rotatable bonds is 0. The molecule has 0 heterocycles. The van der Waals surface area contributed by atoms with E-state index in [2.05, 4.69) is 27.7 Å². The minimum atomic E-state index is 0.722. The maximum absolute atomic E-state index is 2.33. The van der Waals surface area contributed by atoms with Crippen LogP contribution in [0.5, 0.6) is 0 Å². The van der Waals surface area contributed by atoms with Crippen LogP contribution in [0.25, 0.3) is 0 Å². The van der Waals surface area contributed by atoms with Crippen molar-refractivity contribution in [3.8, 4) is 0 Å². The molecule has 0 aliphatic heterocycles. The van der Waals surface area contributed by atoms with Gasteiger partial charge in [-0.05, 0) is 0 Å². The average molecular weight is 238 g/mol. The van der Waals surface area contributed by atoms with Crippen molar-refractivity contribution in [3.05, 3.63) is 20.0 Å². The van der Waals surface area contributed by atoms with Gasteiger partial charge in [0.05, 0.1) is 0 Å². The molecule has 1 aliphatic rings. The zero-order valence-electron chi connectivity index (χ0n) is 7.58. The Hall–Kier alpha value is 0.350. The van der Waals surface area contributed by atoms with Crippen LogP contribution in [0, 0.1) is 5.92 Å². The van der Waals surface area contributed by atoms with Crippen LogP contribution in [0.3, 0.4) is 0 Å². The summed E-state index contributed by atoms with van der Waals surface area (Å²) in [4.78, 5) is 0. The van der Waals surface area contributed by atoms with Crippen LogP contribution in [-0.4, -0.2) is 24.4 Å². The third kappa shape index (κ3) is 1.09. The molecule has 0 saturated heterocycles. The van der Waals surface area contributed by atoms with Gasteiger partial charge < -0.3 is 0 Å². The molecule has 0 aromatic carbocycles. The van der Waals surface area contributed by atoms with Gasteiger partial charge >= 0.3 is 78.0 Å². The Morgan fingerprint density at radius 1 is 1.10 bits per heavy atom. The summed E-state index contributed by atoms with van der Waals surface area (Å²) in [6.45, 7) is 9.13. The van der Waals surface area contributed by atoms with Crippen molar-refractivity contribution >= 4 is 24.4 Å². The zero-order valence-corrected chi connectivity index (χ0v) is 13.3. The van der Waals surface area contributed by atoms with E-state index in [9.17, 15) is 0 Å². The molecule has 0 fully saturated rings. The van der Waals surface area contributed by atoms with E-state index < -0.39 is 0 Å².